The monoisotopic (exact) mass is 414 g/mol. The second-order valence-corrected chi connectivity index (χ2v) is 7.48. The third kappa shape index (κ3) is 5.57. The average molecular weight is 415 g/mol. The molecule has 3 rings (SSSR count). The molecule has 2 aromatic rings. The first kappa shape index (κ1) is 20.9. The van der Waals surface area contributed by atoms with Crippen molar-refractivity contribution in [3.63, 3.8) is 0 Å². The van der Waals surface area contributed by atoms with Gasteiger partial charge in [0.25, 0.3) is 5.91 Å². The van der Waals surface area contributed by atoms with E-state index in [1.54, 1.807) is 11.0 Å². The molecule has 1 saturated heterocycles. The Labute approximate surface area is 174 Å². The number of amides is 2. The smallest absolute Gasteiger partial charge is 0.311 e. The molecule has 2 amide bonds. The van der Waals surface area contributed by atoms with Crippen molar-refractivity contribution in [2.45, 2.75) is 25.9 Å². The quantitative estimate of drug-likeness (QED) is 0.706. The number of benzene rings is 2. The predicted octanol–water partition coefficient (Wildman–Crippen LogP) is 3.11. The average Bonchev–Trinajstić information content (AvgIpc) is 3.09. The van der Waals surface area contributed by atoms with E-state index in [1.807, 2.05) is 55.5 Å². The minimum atomic E-state index is -0.579. The highest BCUT2D eigenvalue weighted by Gasteiger charge is 2.35. The maximum Gasteiger partial charge on any atom is 0.311 e. The molecule has 1 fully saturated rings. The fourth-order valence-electron chi connectivity index (χ4n) is 3.28. The summed E-state index contributed by atoms with van der Waals surface area (Å²) in [7, 11) is 0. The van der Waals surface area contributed by atoms with Crippen LogP contribution in [0, 0.1) is 5.92 Å². The second-order valence-electron chi connectivity index (χ2n) is 7.07. The first-order valence-electron chi connectivity index (χ1n) is 9.46. The lowest BCUT2D eigenvalue weighted by atomic mass is 10.1. The molecule has 2 aromatic carbocycles. The SMILES string of the molecule is C[C@H](NC(=O)COC(=O)[C@@H]1CC(=O)N(Cc2ccccc2Cl)C1)c1ccccc1. The van der Waals surface area contributed by atoms with Crippen LogP contribution < -0.4 is 5.32 Å². The Kier molecular flexibility index (Phi) is 6.88. The summed E-state index contributed by atoms with van der Waals surface area (Å²) in [4.78, 5) is 38.2. The number of hydrogen-bond acceptors (Lipinski definition) is 4. The third-order valence-electron chi connectivity index (χ3n) is 4.89. The number of halogens is 1. The summed E-state index contributed by atoms with van der Waals surface area (Å²) >= 11 is 6.15. The van der Waals surface area contributed by atoms with E-state index in [0.717, 1.165) is 11.1 Å². The van der Waals surface area contributed by atoms with Gasteiger partial charge in [0.2, 0.25) is 5.91 Å². The summed E-state index contributed by atoms with van der Waals surface area (Å²) in [6.07, 6.45) is 0.0747. The van der Waals surface area contributed by atoms with Gasteiger partial charge < -0.3 is 15.0 Å². The van der Waals surface area contributed by atoms with Gasteiger partial charge in [0.05, 0.1) is 12.0 Å². The van der Waals surface area contributed by atoms with Gasteiger partial charge in [0, 0.05) is 24.5 Å². The number of ether oxygens (including phenoxy) is 1. The zero-order valence-corrected chi connectivity index (χ0v) is 16.9. The Balaban J connectivity index is 1.46. The van der Waals surface area contributed by atoms with Crippen molar-refractivity contribution in [1.82, 2.24) is 10.2 Å². The Morgan fingerprint density at radius 2 is 1.86 bits per heavy atom. The minimum Gasteiger partial charge on any atom is -0.455 e. The van der Waals surface area contributed by atoms with Crippen molar-refractivity contribution in [2.75, 3.05) is 13.2 Å². The molecule has 7 heteroatoms. The highest BCUT2D eigenvalue weighted by Crippen LogP contribution is 2.24. The fourth-order valence-corrected chi connectivity index (χ4v) is 3.47. The topological polar surface area (TPSA) is 75.7 Å². The van der Waals surface area contributed by atoms with Crippen LogP contribution in [0.25, 0.3) is 0 Å². The van der Waals surface area contributed by atoms with E-state index in [4.69, 9.17) is 16.3 Å². The van der Waals surface area contributed by atoms with Crippen molar-refractivity contribution < 1.29 is 19.1 Å². The lowest BCUT2D eigenvalue weighted by molar-refractivity contribution is -0.152. The van der Waals surface area contributed by atoms with Crippen molar-refractivity contribution in [1.29, 1.82) is 0 Å². The Hall–Kier alpha value is -2.86. The standard InChI is InChI=1S/C22H23ClN2O4/c1-15(16-7-3-2-4-8-16)24-20(26)14-29-22(28)18-11-21(27)25(13-18)12-17-9-5-6-10-19(17)23/h2-10,15,18H,11-14H2,1H3,(H,24,26)/t15-,18+/m0/s1. The number of rotatable bonds is 7. The van der Waals surface area contributed by atoms with E-state index in [2.05, 4.69) is 5.32 Å². The molecule has 0 aromatic heterocycles. The van der Waals surface area contributed by atoms with Crippen molar-refractivity contribution >= 4 is 29.4 Å². The van der Waals surface area contributed by atoms with Gasteiger partial charge >= 0.3 is 5.97 Å². The predicted molar refractivity (Wildman–Crippen MR) is 109 cm³/mol. The van der Waals surface area contributed by atoms with Crippen molar-refractivity contribution in [2.24, 2.45) is 5.92 Å². The first-order valence-corrected chi connectivity index (χ1v) is 9.84. The number of esters is 1. The lowest BCUT2D eigenvalue weighted by Crippen LogP contribution is -2.32. The largest absolute Gasteiger partial charge is 0.455 e. The number of carbonyl (C=O) groups is 3. The molecule has 0 spiro atoms. The lowest BCUT2D eigenvalue weighted by Gasteiger charge is -2.17. The van der Waals surface area contributed by atoms with Crippen LogP contribution in [-0.2, 0) is 25.7 Å². The van der Waals surface area contributed by atoms with E-state index in [1.165, 1.54) is 0 Å². The molecule has 6 nitrogen and oxygen atoms in total. The molecule has 0 saturated carbocycles. The van der Waals surface area contributed by atoms with Crippen LogP contribution in [0.4, 0.5) is 0 Å². The summed E-state index contributed by atoms with van der Waals surface area (Å²) < 4.78 is 5.14. The van der Waals surface area contributed by atoms with Gasteiger partial charge in [-0.25, -0.2) is 0 Å². The fraction of sp³-hybridized carbons (Fsp3) is 0.318. The summed E-state index contributed by atoms with van der Waals surface area (Å²) in [5.41, 5.74) is 1.79. The molecule has 2 atom stereocenters. The number of nitrogens with zero attached hydrogens (tertiary/aromatic N) is 1. The highest BCUT2D eigenvalue weighted by molar-refractivity contribution is 6.31. The number of carbonyl (C=O) groups excluding carboxylic acids is 3. The summed E-state index contributed by atoms with van der Waals surface area (Å²) in [5, 5.41) is 3.37. The Morgan fingerprint density at radius 1 is 1.17 bits per heavy atom. The molecular weight excluding hydrogens is 392 g/mol. The minimum absolute atomic E-state index is 0.0747. The number of likely N-dealkylation sites (tertiary alicyclic amines) is 1. The van der Waals surface area contributed by atoms with E-state index >= 15 is 0 Å². The Morgan fingerprint density at radius 3 is 2.59 bits per heavy atom. The van der Waals surface area contributed by atoms with Crippen molar-refractivity contribution in [3.8, 4) is 0 Å². The van der Waals surface area contributed by atoms with Gasteiger partial charge in [-0.2, -0.15) is 0 Å². The van der Waals surface area contributed by atoms with Crippen LogP contribution in [0.5, 0.6) is 0 Å². The molecular formula is C22H23ClN2O4. The molecule has 152 valence electrons. The molecule has 0 bridgehead atoms. The van der Waals surface area contributed by atoms with Gasteiger partial charge in [0.15, 0.2) is 6.61 Å². The second kappa shape index (κ2) is 9.56. The Bertz CT molecular complexity index is 887. The van der Waals surface area contributed by atoms with Crippen LogP contribution in [0.2, 0.25) is 5.02 Å². The molecule has 1 aliphatic heterocycles. The summed E-state index contributed by atoms with van der Waals surface area (Å²) in [6.45, 7) is 2.09. The zero-order valence-electron chi connectivity index (χ0n) is 16.1. The van der Waals surface area contributed by atoms with Gasteiger partial charge in [-0.1, -0.05) is 60.1 Å². The zero-order chi connectivity index (χ0) is 20.8. The molecule has 1 heterocycles. The normalized spacial score (nSPS) is 17.1. The van der Waals surface area contributed by atoms with Crippen LogP contribution in [0.3, 0.4) is 0 Å². The van der Waals surface area contributed by atoms with Gasteiger partial charge in [-0.05, 0) is 24.1 Å². The first-order chi connectivity index (χ1) is 13.9. The highest BCUT2D eigenvalue weighted by atomic mass is 35.5. The van der Waals surface area contributed by atoms with Gasteiger partial charge in [-0.15, -0.1) is 0 Å². The maximum absolute atomic E-state index is 12.3. The van der Waals surface area contributed by atoms with E-state index in [0.29, 0.717) is 11.6 Å². The van der Waals surface area contributed by atoms with E-state index in [9.17, 15) is 14.4 Å². The number of hydrogen-bond donors (Lipinski definition) is 1. The van der Waals surface area contributed by atoms with Crippen LogP contribution in [-0.4, -0.2) is 35.8 Å². The van der Waals surface area contributed by atoms with E-state index in [-0.39, 0.29) is 37.4 Å². The molecule has 0 aliphatic carbocycles. The van der Waals surface area contributed by atoms with E-state index < -0.39 is 11.9 Å². The molecule has 29 heavy (non-hydrogen) atoms. The molecule has 1 N–H and O–H groups in total. The van der Waals surface area contributed by atoms with Crippen molar-refractivity contribution in [3.05, 3.63) is 70.7 Å². The van der Waals surface area contributed by atoms with Gasteiger partial charge in [-0.3, -0.25) is 14.4 Å². The molecule has 0 radical (unpaired) electrons. The van der Waals surface area contributed by atoms with Gasteiger partial charge in [0.1, 0.15) is 0 Å². The van der Waals surface area contributed by atoms with Crippen LogP contribution in [0.1, 0.15) is 30.5 Å². The van der Waals surface area contributed by atoms with Crippen LogP contribution >= 0.6 is 11.6 Å². The summed E-state index contributed by atoms with van der Waals surface area (Å²) in [6, 6.07) is 16.6. The summed E-state index contributed by atoms with van der Waals surface area (Å²) in [5.74, 6) is -1.63. The number of nitrogens with one attached hydrogen (secondary N) is 1. The maximum atomic E-state index is 12.3. The van der Waals surface area contributed by atoms with Crippen LogP contribution in [0.15, 0.2) is 54.6 Å². The molecule has 1 aliphatic rings. The third-order valence-corrected chi connectivity index (χ3v) is 5.26. The molecule has 0 unspecified atom stereocenters.